The molecule has 2 aliphatic heterocycles. The summed E-state index contributed by atoms with van der Waals surface area (Å²) < 4.78 is 48.5. The fraction of sp³-hybridized carbons (Fsp3) is 0.600. The predicted molar refractivity (Wildman–Crippen MR) is 104 cm³/mol. The van der Waals surface area contributed by atoms with Gasteiger partial charge in [-0.1, -0.05) is 0 Å². The summed E-state index contributed by atoms with van der Waals surface area (Å²) in [5.41, 5.74) is 0.532. The SMILES string of the molecule is COc1ccc(OC)c(N2CC(C(=O)N3CCCN(CC(F)(F)F)CC3)CC2=O)c1. The smallest absolute Gasteiger partial charge is 0.401 e. The molecule has 30 heavy (non-hydrogen) atoms. The monoisotopic (exact) mass is 429 g/mol. The number of anilines is 1. The fourth-order valence-electron chi connectivity index (χ4n) is 3.97. The molecule has 3 rings (SSSR count). The first-order chi connectivity index (χ1) is 14.2. The Labute approximate surface area is 173 Å². The van der Waals surface area contributed by atoms with E-state index in [1.165, 1.54) is 24.0 Å². The number of hydrogen-bond donors (Lipinski definition) is 0. The highest BCUT2D eigenvalue weighted by Crippen LogP contribution is 2.36. The number of ether oxygens (including phenoxy) is 2. The molecule has 0 bridgehead atoms. The summed E-state index contributed by atoms with van der Waals surface area (Å²) in [7, 11) is 3.02. The van der Waals surface area contributed by atoms with Crippen LogP contribution in [0.15, 0.2) is 18.2 Å². The normalized spacial score (nSPS) is 21.0. The molecule has 2 aliphatic rings. The maximum Gasteiger partial charge on any atom is 0.401 e. The van der Waals surface area contributed by atoms with Gasteiger partial charge < -0.3 is 19.3 Å². The summed E-state index contributed by atoms with van der Waals surface area (Å²) in [5.74, 6) is 0.123. The molecule has 7 nitrogen and oxygen atoms in total. The van der Waals surface area contributed by atoms with Crippen LogP contribution in [0.3, 0.4) is 0 Å². The van der Waals surface area contributed by atoms with E-state index in [-0.39, 0.29) is 37.9 Å². The summed E-state index contributed by atoms with van der Waals surface area (Å²) >= 11 is 0. The van der Waals surface area contributed by atoms with Crippen molar-refractivity contribution in [2.75, 3.05) is 58.4 Å². The van der Waals surface area contributed by atoms with E-state index in [9.17, 15) is 22.8 Å². The highest BCUT2D eigenvalue weighted by molar-refractivity contribution is 6.01. The molecule has 10 heteroatoms. The highest BCUT2D eigenvalue weighted by Gasteiger charge is 2.39. The Hall–Kier alpha value is -2.49. The second-order valence-corrected chi connectivity index (χ2v) is 7.51. The first-order valence-electron chi connectivity index (χ1n) is 9.82. The van der Waals surface area contributed by atoms with Crippen LogP contribution in [0.2, 0.25) is 0 Å². The van der Waals surface area contributed by atoms with Crippen LogP contribution >= 0.6 is 0 Å². The number of nitrogens with zero attached hydrogens (tertiary/aromatic N) is 3. The molecular weight excluding hydrogens is 403 g/mol. The lowest BCUT2D eigenvalue weighted by Gasteiger charge is -2.25. The maximum atomic E-state index is 13.0. The lowest BCUT2D eigenvalue weighted by Crippen LogP contribution is -2.41. The lowest BCUT2D eigenvalue weighted by atomic mass is 10.1. The Bertz CT molecular complexity index is 787. The van der Waals surface area contributed by atoms with E-state index >= 15 is 0 Å². The summed E-state index contributed by atoms with van der Waals surface area (Å²) in [6, 6.07) is 5.10. The third-order valence-corrected chi connectivity index (χ3v) is 5.45. The molecule has 1 atom stereocenters. The minimum atomic E-state index is -4.26. The van der Waals surface area contributed by atoms with Crippen molar-refractivity contribution in [3.63, 3.8) is 0 Å². The molecule has 2 saturated heterocycles. The van der Waals surface area contributed by atoms with Gasteiger partial charge in [-0.05, 0) is 18.6 Å². The molecular formula is C20H26F3N3O4. The van der Waals surface area contributed by atoms with Crippen molar-refractivity contribution in [1.82, 2.24) is 9.80 Å². The Kier molecular flexibility index (Phi) is 6.74. The maximum absolute atomic E-state index is 13.0. The molecule has 0 radical (unpaired) electrons. The first kappa shape index (κ1) is 22.2. The molecule has 0 aromatic heterocycles. The van der Waals surface area contributed by atoms with Gasteiger partial charge in [-0.15, -0.1) is 0 Å². The predicted octanol–water partition coefficient (Wildman–Crippen LogP) is 2.15. The first-order valence-corrected chi connectivity index (χ1v) is 9.82. The van der Waals surface area contributed by atoms with Crippen LogP contribution in [-0.4, -0.2) is 81.3 Å². The van der Waals surface area contributed by atoms with Gasteiger partial charge in [-0.25, -0.2) is 0 Å². The van der Waals surface area contributed by atoms with Crippen LogP contribution in [0.4, 0.5) is 18.9 Å². The number of alkyl halides is 3. The van der Waals surface area contributed by atoms with Crippen molar-refractivity contribution in [2.24, 2.45) is 5.92 Å². The molecule has 166 valence electrons. The average molecular weight is 429 g/mol. The summed E-state index contributed by atoms with van der Waals surface area (Å²) in [4.78, 5) is 30.1. The zero-order valence-electron chi connectivity index (χ0n) is 17.1. The fourth-order valence-corrected chi connectivity index (χ4v) is 3.97. The second kappa shape index (κ2) is 9.11. The van der Waals surface area contributed by atoms with E-state index in [1.807, 2.05) is 0 Å². The van der Waals surface area contributed by atoms with E-state index in [4.69, 9.17) is 9.47 Å². The zero-order valence-corrected chi connectivity index (χ0v) is 17.1. The van der Waals surface area contributed by atoms with E-state index in [0.29, 0.717) is 36.7 Å². The molecule has 2 amide bonds. The number of rotatable bonds is 5. The summed E-state index contributed by atoms with van der Waals surface area (Å²) in [5, 5.41) is 0. The van der Waals surface area contributed by atoms with Gasteiger partial charge in [-0.3, -0.25) is 14.5 Å². The minimum Gasteiger partial charge on any atom is -0.497 e. The number of hydrogen-bond acceptors (Lipinski definition) is 5. The van der Waals surface area contributed by atoms with Crippen LogP contribution < -0.4 is 14.4 Å². The largest absolute Gasteiger partial charge is 0.497 e. The quantitative estimate of drug-likeness (QED) is 0.718. The molecule has 0 saturated carbocycles. The highest BCUT2D eigenvalue weighted by atomic mass is 19.4. The number of methoxy groups -OCH3 is 2. The molecule has 0 N–H and O–H groups in total. The second-order valence-electron chi connectivity index (χ2n) is 7.51. The molecule has 2 fully saturated rings. The zero-order chi connectivity index (χ0) is 21.9. The van der Waals surface area contributed by atoms with Gasteiger partial charge in [0.1, 0.15) is 11.5 Å². The van der Waals surface area contributed by atoms with Gasteiger partial charge in [0, 0.05) is 45.2 Å². The van der Waals surface area contributed by atoms with Crippen molar-refractivity contribution in [1.29, 1.82) is 0 Å². The minimum absolute atomic E-state index is 0.0575. The van der Waals surface area contributed by atoms with E-state index in [2.05, 4.69) is 0 Å². The number of carbonyl (C=O) groups excluding carboxylic acids is 2. The van der Waals surface area contributed by atoms with Crippen LogP contribution in [0.5, 0.6) is 11.5 Å². The Morgan fingerprint density at radius 2 is 1.90 bits per heavy atom. The summed E-state index contributed by atoms with van der Waals surface area (Å²) in [6.45, 7) is 0.298. The molecule has 0 aliphatic carbocycles. The van der Waals surface area contributed by atoms with Gasteiger partial charge in [0.05, 0.1) is 32.4 Å². The molecule has 1 aromatic rings. The van der Waals surface area contributed by atoms with Crippen molar-refractivity contribution in [2.45, 2.75) is 19.0 Å². The van der Waals surface area contributed by atoms with Crippen LogP contribution in [-0.2, 0) is 9.59 Å². The lowest BCUT2D eigenvalue weighted by molar-refractivity contribution is -0.145. The molecule has 0 spiro atoms. The Morgan fingerprint density at radius 1 is 1.13 bits per heavy atom. The Morgan fingerprint density at radius 3 is 2.57 bits per heavy atom. The third-order valence-electron chi connectivity index (χ3n) is 5.45. The number of halogens is 3. The van der Waals surface area contributed by atoms with Crippen LogP contribution in [0, 0.1) is 5.92 Å². The van der Waals surface area contributed by atoms with Gasteiger partial charge in [0.2, 0.25) is 11.8 Å². The van der Waals surface area contributed by atoms with E-state index in [0.717, 1.165) is 0 Å². The van der Waals surface area contributed by atoms with Crippen LogP contribution in [0.1, 0.15) is 12.8 Å². The number of carbonyl (C=O) groups is 2. The van der Waals surface area contributed by atoms with Gasteiger partial charge in [0.15, 0.2) is 0 Å². The van der Waals surface area contributed by atoms with Gasteiger partial charge >= 0.3 is 6.18 Å². The van der Waals surface area contributed by atoms with E-state index < -0.39 is 18.6 Å². The third kappa shape index (κ3) is 5.16. The standard InChI is InChI=1S/C20H26F3N3O4/c1-29-15-4-5-17(30-2)16(11-15)26-12-14(10-18(26)27)19(28)25-7-3-6-24(8-9-25)13-20(21,22)23/h4-5,11,14H,3,6-10,12-13H2,1-2H3. The van der Waals surface area contributed by atoms with Gasteiger partial charge in [0.25, 0.3) is 0 Å². The topological polar surface area (TPSA) is 62.3 Å². The van der Waals surface area contributed by atoms with Crippen molar-refractivity contribution in [3.05, 3.63) is 18.2 Å². The average Bonchev–Trinajstić information content (AvgIpc) is 2.94. The number of amides is 2. The molecule has 2 heterocycles. The van der Waals surface area contributed by atoms with Crippen molar-refractivity contribution >= 4 is 17.5 Å². The molecule has 1 unspecified atom stereocenters. The molecule has 1 aromatic carbocycles. The summed E-state index contributed by atoms with van der Waals surface area (Å²) in [6.07, 6.45) is -3.73. The van der Waals surface area contributed by atoms with E-state index in [1.54, 1.807) is 23.1 Å². The Balaban J connectivity index is 1.67. The van der Waals surface area contributed by atoms with Crippen molar-refractivity contribution < 1.29 is 32.2 Å². The van der Waals surface area contributed by atoms with Crippen molar-refractivity contribution in [3.8, 4) is 11.5 Å². The number of benzene rings is 1. The van der Waals surface area contributed by atoms with Gasteiger partial charge in [-0.2, -0.15) is 13.2 Å². The van der Waals surface area contributed by atoms with Crippen LogP contribution in [0.25, 0.3) is 0 Å².